The smallest absolute Gasteiger partial charge is 0.0560 e. The largest absolute Gasteiger partial charge is 0.333 e. The molecular formula is C24H17NS. The second-order valence-electron chi connectivity index (χ2n) is 6.94. The first-order valence-electron chi connectivity index (χ1n) is 9.08. The Morgan fingerprint density at radius 1 is 0.769 bits per heavy atom. The van der Waals surface area contributed by atoms with Crippen molar-refractivity contribution in [3.8, 4) is 0 Å². The minimum atomic E-state index is 0.384. The summed E-state index contributed by atoms with van der Waals surface area (Å²) in [5.41, 5.74) is 2.67. The van der Waals surface area contributed by atoms with Crippen molar-refractivity contribution in [2.24, 2.45) is 0 Å². The van der Waals surface area contributed by atoms with E-state index in [1.165, 1.54) is 42.0 Å². The third kappa shape index (κ3) is 1.85. The topological polar surface area (TPSA) is 4.93 Å². The number of thiophene rings is 1. The van der Waals surface area contributed by atoms with Crippen molar-refractivity contribution in [1.82, 2.24) is 4.57 Å². The summed E-state index contributed by atoms with van der Waals surface area (Å²) in [6.45, 7) is 0. The monoisotopic (exact) mass is 351 g/mol. The van der Waals surface area contributed by atoms with Crippen molar-refractivity contribution in [3.05, 3.63) is 85.0 Å². The minimum absolute atomic E-state index is 0.384. The third-order valence-corrected chi connectivity index (χ3v) is 6.71. The molecule has 1 unspecified atom stereocenters. The fourth-order valence-electron chi connectivity index (χ4n) is 4.38. The van der Waals surface area contributed by atoms with Crippen LogP contribution in [0.2, 0.25) is 0 Å². The molecule has 1 aliphatic rings. The van der Waals surface area contributed by atoms with Gasteiger partial charge in [-0.1, -0.05) is 66.8 Å². The summed E-state index contributed by atoms with van der Waals surface area (Å²) in [6.07, 6.45) is 9.96. The lowest BCUT2D eigenvalue weighted by Gasteiger charge is -2.18. The van der Waals surface area contributed by atoms with E-state index in [9.17, 15) is 0 Å². The fraction of sp³-hybridized carbons (Fsp3) is 0.0833. The minimum Gasteiger partial charge on any atom is -0.333 e. The van der Waals surface area contributed by atoms with E-state index in [4.69, 9.17) is 0 Å². The van der Waals surface area contributed by atoms with Gasteiger partial charge in [0.25, 0.3) is 0 Å². The van der Waals surface area contributed by atoms with Crippen LogP contribution >= 0.6 is 11.3 Å². The Labute approximate surface area is 155 Å². The molecule has 0 spiro atoms. The van der Waals surface area contributed by atoms with Crippen LogP contribution in [0.1, 0.15) is 12.5 Å². The molecule has 26 heavy (non-hydrogen) atoms. The summed E-state index contributed by atoms with van der Waals surface area (Å²) in [5, 5.41) is 5.51. The van der Waals surface area contributed by atoms with Crippen LogP contribution in [0.25, 0.3) is 42.0 Å². The van der Waals surface area contributed by atoms with Gasteiger partial charge in [0.2, 0.25) is 0 Å². The van der Waals surface area contributed by atoms with Gasteiger partial charge >= 0.3 is 0 Å². The summed E-state index contributed by atoms with van der Waals surface area (Å²) < 4.78 is 5.30. The Hall–Kier alpha value is -2.84. The lowest BCUT2D eigenvalue weighted by Crippen LogP contribution is -2.06. The van der Waals surface area contributed by atoms with Crippen LogP contribution in [-0.4, -0.2) is 4.57 Å². The summed E-state index contributed by atoms with van der Waals surface area (Å²) in [5.74, 6) is 0. The molecule has 1 atom stereocenters. The van der Waals surface area contributed by atoms with E-state index in [0.717, 1.165) is 6.42 Å². The molecule has 2 heterocycles. The molecule has 2 heteroatoms. The first-order chi connectivity index (χ1) is 12.9. The van der Waals surface area contributed by atoms with Crippen molar-refractivity contribution in [2.45, 2.75) is 12.5 Å². The number of hydrogen-bond acceptors (Lipinski definition) is 1. The van der Waals surface area contributed by atoms with Crippen molar-refractivity contribution < 1.29 is 0 Å². The highest BCUT2D eigenvalue weighted by Gasteiger charge is 2.19. The predicted molar refractivity (Wildman–Crippen MR) is 114 cm³/mol. The number of aromatic nitrogens is 1. The number of para-hydroxylation sites is 1. The Bertz CT molecular complexity index is 1360. The van der Waals surface area contributed by atoms with E-state index in [2.05, 4.69) is 89.5 Å². The number of fused-ring (bicyclic) bond motifs is 7. The van der Waals surface area contributed by atoms with Gasteiger partial charge in [0, 0.05) is 36.5 Å². The average Bonchev–Trinajstić information content (AvgIpc) is 3.24. The molecule has 0 fully saturated rings. The number of hydrogen-bond donors (Lipinski definition) is 0. The van der Waals surface area contributed by atoms with Gasteiger partial charge in [-0.05, 0) is 24.6 Å². The lowest BCUT2D eigenvalue weighted by atomic mass is 10.1. The van der Waals surface area contributed by atoms with Crippen LogP contribution in [0, 0.1) is 0 Å². The van der Waals surface area contributed by atoms with Gasteiger partial charge in [0.15, 0.2) is 0 Å². The standard InChI is InChI=1S/C24H17NS/c1-2-8-16(9-3-1)25-20-12-6-4-11-19(20)23-21(25)15-14-18-17-10-5-7-13-22(17)26-24(18)23/h1-8,10-16H,9H2. The highest BCUT2D eigenvalue weighted by Crippen LogP contribution is 2.43. The second-order valence-corrected chi connectivity index (χ2v) is 7.99. The molecule has 0 saturated heterocycles. The second kappa shape index (κ2) is 5.33. The summed E-state index contributed by atoms with van der Waals surface area (Å²) in [4.78, 5) is 0. The Kier molecular flexibility index (Phi) is 2.94. The van der Waals surface area contributed by atoms with E-state index >= 15 is 0 Å². The molecule has 0 saturated carbocycles. The molecule has 6 rings (SSSR count). The predicted octanol–water partition coefficient (Wildman–Crippen LogP) is 7.22. The molecular weight excluding hydrogens is 334 g/mol. The lowest BCUT2D eigenvalue weighted by molar-refractivity contribution is 0.648. The molecule has 0 N–H and O–H groups in total. The van der Waals surface area contributed by atoms with Gasteiger partial charge in [-0.25, -0.2) is 0 Å². The van der Waals surface area contributed by atoms with E-state index in [-0.39, 0.29) is 0 Å². The van der Waals surface area contributed by atoms with Gasteiger partial charge < -0.3 is 4.57 Å². The van der Waals surface area contributed by atoms with Gasteiger partial charge in [0.1, 0.15) is 0 Å². The molecule has 0 amide bonds. The molecule has 2 aromatic heterocycles. The van der Waals surface area contributed by atoms with E-state index in [1.807, 2.05) is 11.3 Å². The number of nitrogens with zero attached hydrogens (tertiary/aromatic N) is 1. The normalized spacial score (nSPS) is 17.2. The maximum Gasteiger partial charge on any atom is 0.0560 e. The van der Waals surface area contributed by atoms with E-state index in [0.29, 0.717) is 6.04 Å². The van der Waals surface area contributed by atoms with Crippen molar-refractivity contribution in [1.29, 1.82) is 0 Å². The summed E-state index contributed by atoms with van der Waals surface area (Å²) in [6, 6.07) is 22.6. The molecule has 1 nitrogen and oxygen atoms in total. The molecule has 3 aromatic carbocycles. The molecule has 5 aromatic rings. The fourth-order valence-corrected chi connectivity index (χ4v) is 5.64. The highest BCUT2D eigenvalue weighted by atomic mass is 32.1. The Balaban J connectivity index is 1.82. The van der Waals surface area contributed by atoms with Gasteiger partial charge in [-0.2, -0.15) is 0 Å². The summed E-state index contributed by atoms with van der Waals surface area (Å²) >= 11 is 1.92. The van der Waals surface area contributed by atoms with Crippen LogP contribution in [-0.2, 0) is 0 Å². The zero-order chi connectivity index (χ0) is 17.1. The Morgan fingerprint density at radius 3 is 2.50 bits per heavy atom. The molecule has 0 radical (unpaired) electrons. The molecule has 124 valence electrons. The molecule has 0 aliphatic heterocycles. The van der Waals surface area contributed by atoms with Gasteiger partial charge in [-0.3, -0.25) is 0 Å². The highest BCUT2D eigenvalue weighted by molar-refractivity contribution is 7.26. The number of benzene rings is 3. The van der Waals surface area contributed by atoms with Crippen LogP contribution < -0.4 is 0 Å². The quantitative estimate of drug-likeness (QED) is 0.300. The van der Waals surface area contributed by atoms with Crippen molar-refractivity contribution in [2.75, 3.05) is 0 Å². The SMILES string of the molecule is C1=CCC(n2c3ccccc3c3c4sc5ccccc5c4ccc32)C=C1. The molecule has 0 bridgehead atoms. The zero-order valence-electron chi connectivity index (χ0n) is 14.2. The first-order valence-corrected chi connectivity index (χ1v) is 9.90. The van der Waals surface area contributed by atoms with Crippen LogP contribution in [0.15, 0.2) is 85.0 Å². The zero-order valence-corrected chi connectivity index (χ0v) is 15.0. The Morgan fingerprint density at radius 2 is 1.62 bits per heavy atom. The number of rotatable bonds is 1. The third-order valence-electron chi connectivity index (χ3n) is 5.51. The van der Waals surface area contributed by atoms with Crippen molar-refractivity contribution in [3.63, 3.8) is 0 Å². The maximum atomic E-state index is 2.52. The van der Waals surface area contributed by atoms with Crippen LogP contribution in [0.5, 0.6) is 0 Å². The molecule has 1 aliphatic carbocycles. The van der Waals surface area contributed by atoms with Gasteiger partial charge in [0.05, 0.1) is 11.6 Å². The van der Waals surface area contributed by atoms with Crippen LogP contribution in [0.4, 0.5) is 0 Å². The number of allylic oxidation sites excluding steroid dienone is 4. The average molecular weight is 351 g/mol. The van der Waals surface area contributed by atoms with Crippen LogP contribution in [0.3, 0.4) is 0 Å². The first kappa shape index (κ1) is 14.3. The van der Waals surface area contributed by atoms with Gasteiger partial charge in [-0.15, -0.1) is 11.3 Å². The summed E-state index contributed by atoms with van der Waals surface area (Å²) in [7, 11) is 0. The van der Waals surface area contributed by atoms with Crippen molar-refractivity contribution >= 4 is 53.3 Å². The van der Waals surface area contributed by atoms with E-state index < -0.39 is 0 Å². The maximum absolute atomic E-state index is 2.52. The van der Waals surface area contributed by atoms with E-state index in [1.54, 1.807) is 0 Å².